The second-order valence-corrected chi connectivity index (χ2v) is 8.54. The smallest absolute Gasteiger partial charge is 0.414 e. The number of hydrogen-bond donors (Lipinski definition) is 3. The zero-order valence-corrected chi connectivity index (χ0v) is 17.7. The fourth-order valence-corrected chi connectivity index (χ4v) is 4.25. The van der Waals surface area contributed by atoms with Crippen LogP contribution in [0.1, 0.15) is 22.5 Å². The van der Waals surface area contributed by atoms with Gasteiger partial charge in [-0.25, -0.2) is 9.78 Å². The fraction of sp³-hybridized carbons (Fsp3) is 0.350. The van der Waals surface area contributed by atoms with Crippen LogP contribution in [0.3, 0.4) is 0 Å². The van der Waals surface area contributed by atoms with E-state index in [1.54, 1.807) is 29.2 Å². The number of nitrogen functional groups attached to an aromatic ring is 1. The predicted molar refractivity (Wildman–Crippen MR) is 116 cm³/mol. The van der Waals surface area contributed by atoms with Crippen molar-refractivity contribution in [1.82, 2.24) is 10.3 Å². The Morgan fingerprint density at radius 1 is 1.22 bits per heavy atom. The van der Waals surface area contributed by atoms with E-state index in [4.69, 9.17) is 15.6 Å². The molecule has 0 aliphatic carbocycles. The highest BCUT2D eigenvalue weighted by molar-refractivity contribution is 7.17. The van der Waals surface area contributed by atoms with Crippen LogP contribution in [-0.4, -0.2) is 59.7 Å². The Balaban J connectivity index is 1.34. The molecule has 1 aromatic carbocycles. The van der Waals surface area contributed by atoms with Gasteiger partial charge in [-0.3, -0.25) is 19.3 Å². The first-order chi connectivity index (χ1) is 15.3. The summed E-state index contributed by atoms with van der Waals surface area (Å²) in [5, 5.41) is 12.1. The summed E-state index contributed by atoms with van der Waals surface area (Å²) in [5.74, 6) is -2.18. The number of piperidine rings is 1. The SMILES string of the molecule is Nc1ncc(C(=O)NC[C@H]2CN(c3ccc(N4CCC(C(=O)O)CC4=O)cc3)C(=O)O2)s1. The number of anilines is 3. The molecule has 0 bridgehead atoms. The minimum absolute atomic E-state index is 0.0307. The largest absolute Gasteiger partial charge is 0.481 e. The van der Waals surface area contributed by atoms with E-state index in [0.29, 0.717) is 34.3 Å². The number of nitrogens with two attached hydrogens (primary N) is 1. The number of carbonyl (C=O) groups is 4. The van der Waals surface area contributed by atoms with Crippen LogP contribution >= 0.6 is 11.3 Å². The molecule has 2 fully saturated rings. The molecule has 12 heteroatoms. The zero-order chi connectivity index (χ0) is 22.8. The minimum atomic E-state index is -0.956. The lowest BCUT2D eigenvalue weighted by atomic mass is 9.96. The number of amides is 3. The Hall–Kier alpha value is -3.67. The number of nitrogens with one attached hydrogen (secondary N) is 1. The molecule has 3 amide bonds. The van der Waals surface area contributed by atoms with E-state index in [9.17, 15) is 19.2 Å². The number of carbonyl (C=O) groups excluding carboxylic acids is 3. The Bertz CT molecular complexity index is 1060. The average molecular weight is 459 g/mol. The maximum Gasteiger partial charge on any atom is 0.414 e. The van der Waals surface area contributed by atoms with Crippen LogP contribution in [0.5, 0.6) is 0 Å². The normalized spacial score (nSPS) is 20.9. The minimum Gasteiger partial charge on any atom is -0.481 e. The standard InChI is InChI=1S/C20H21N5O6S/c21-19-23-9-15(32-19)17(27)22-8-14-10-25(20(30)31-14)13-3-1-12(2-4-13)24-6-5-11(18(28)29)7-16(24)26/h1-4,9,11,14H,5-8,10H2,(H2,21,23)(H,22,27)(H,28,29)/t11?,14-/m0/s1. The van der Waals surface area contributed by atoms with Crippen molar-refractivity contribution >= 4 is 51.7 Å². The van der Waals surface area contributed by atoms with E-state index >= 15 is 0 Å². The molecule has 2 aromatic rings. The number of cyclic esters (lactones) is 1. The zero-order valence-electron chi connectivity index (χ0n) is 16.9. The number of carboxylic acids is 1. The van der Waals surface area contributed by atoms with Gasteiger partial charge in [-0.2, -0.15) is 0 Å². The highest BCUT2D eigenvalue weighted by atomic mass is 32.1. The molecule has 4 N–H and O–H groups in total. The Kier molecular flexibility index (Phi) is 5.95. The van der Waals surface area contributed by atoms with Crippen molar-refractivity contribution in [2.75, 3.05) is 35.2 Å². The summed E-state index contributed by atoms with van der Waals surface area (Å²) in [5.41, 5.74) is 6.76. The Morgan fingerprint density at radius 2 is 1.91 bits per heavy atom. The molecule has 2 aliphatic rings. The van der Waals surface area contributed by atoms with Gasteiger partial charge in [0, 0.05) is 24.3 Å². The third kappa shape index (κ3) is 4.49. The molecule has 2 saturated heterocycles. The Morgan fingerprint density at radius 3 is 2.50 bits per heavy atom. The summed E-state index contributed by atoms with van der Waals surface area (Å²) < 4.78 is 5.33. The van der Waals surface area contributed by atoms with Gasteiger partial charge in [-0.05, 0) is 30.7 Å². The molecule has 168 valence electrons. The second kappa shape index (κ2) is 8.83. The molecule has 0 saturated carbocycles. The van der Waals surface area contributed by atoms with Crippen LogP contribution in [0.4, 0.5) is 21.3 Å². The molecule has 32 heavy (non-hydrogen) atoms. The summed E-state index contributed by atoms with van der Waals surface area (Å²) in [6, 6.07) is 6.83. The first-order valence-electron chi connectivity index (χ1n) is 9.92. The van der Waals surface area contributed by atoms with E-state index in [1.807, 2.05) is 0 Å². The molecule has 2 aliphatic heterocycles. The van der Waals surface area contributed by atoms with Gasteiger partial charge in [0.2, 0.25) is 5.91 Å². The van der Waals surface area contributed by atoms with Gasteiger partial charge in [0.15, 0.2) is 5.13 Å². The summed E-state index contributed by atoms with van der Waals surface area (Å²) >= 11 is 1.07. The third-order valence-electron chi connectivity index (χ3n) is 5.36. The van der Waals surface area contributed by atoms with Crippen LogP contribution in [0, 0.1) is 5.92 Å². The third-order valence-corrected chi connectivity index (χ3v) is 6.18. The van der Waals surface area contributed by atoms with Crippen molar-refractivity contribution in [1.29, 1.82) is 0 Å². The van der Waals surface area contributed by atoms with Crippen LogP contribution in [0.25, 0.3) is 0 Å². The van der Waals surface area contributed by atoms with Gasteiger partial charge in [0.05, 0.1) is 25.2 Å². The number of carboxylic acid groups (broad SMARTS) is 1. The Labute approximate surface area is 186 Å². The first-order valence-corrected chi connectivity index (χ1v) is 10.7. The molecular formula is C20H21N5O6S. The lowest BCUT2D eigenvalue weighted by Gasteiger charge is -2.30. The van der Waals surface area contributed by atoms with E-state index in [2.05, 4.69) is 10.3 Å². The molecular weight excluding hydrogens is 438 g/mol. The van der Waals surface area contributed by atoms with Crippen LogP contribution in [0.2, 0.25) is 0 Å². The molecule has 2 atom stereocenters. The maximum absolute atomic E-state index is 12.3. The monoisotopic (exact) mass is 459 g/mol. The van der Waals surface area contributed by atoms with Crippen LogP contribution < -0.4 is 20.9 Å². The van der Waals surface area contributed by atoms with Gasteiger partial charge >= 0.3 is 12.1 Å². The highest BCUT2D eigenvalue weighted by Gasteiger charge is 2.34. The van der Waals surface area contributed by atoms with Crippen molar-refractivity contribution < 1.29 is 29.0 Å². The molecule has 1 unspecified atom stereocenters. The summed E-state index contributed by atoms with van der Waals surface area (Å²) in [4.78, 5) is 55.0. The van der Waals surface area contributed by atoms with E-state index in [1.165, 1.54) is 11.1 Å². The topological polar surface area (TPSA) is 155 Å². The number of ether oxygens (including phenoxy) is 1. The van der Waals surface area contributed by atoms with Crippen molar-refractivity contribution in [2.24, 2.45) is 5.92 Å². The van der Waals surface area contributed by atoms with Gasteiger partial charge < -0.3 is 25.8 Å². The lowest BCUT2D eigenvalue weighted by molar-refractivity contribution is -0.144. The first kappa shape index (κ1) is 21.6. The van der Waals surface area contributed by atoms with Gasteiger partial charge in [0.25, 0.3) is 5.91 Å². The molecule has 4 rings (SSSR count). The van der Waals surface area contributed by atoms with Crippen molar-refractivity contribution in [3.8, 4) is 0 Å². The summed E-state index contributed by atoms with van der Waals surface area (Å²) in [6.45, 7) is 0.726. The van der Waals surface area contributed by atoms with Gasteiger partial charge in [-0.15, -0.1) is 0 Å². The molecule has 0 spiro atoms. The lowest BCUT2D eigenvalue weighted by Crippen LogP contribution is -2.41. The number of nitrogens with zero attached hydrogens (tertiary/aromatic N) is 3. The number of rotatable bonds is 6. The number of benzene rings is 1. The second-order valence-electron chi connectivity index (χ2n) is 7.48. The quantitative estimate of drug-likeness (QED) is 0.584. The fourth-order valence-electron chi connectivity index (χ4n) is 3.65. The maximum atomic E-state index is 12.3. The predicted octanol–water partition coefficient (Wildman–Crippen LogP) is 1.31. The number of thiazole rings is 1. The molecule has 3 heterocycles. The van der Waals surface area contributed by atoms with E-state index in [-0.39, 0.29) is 31.3 Å². The molecule has 1 aromatic heterocycles. The van der Waals surface area contributed by atoms with Crippen LogP contribution in [0.15, 0.2) is 30.5 Å². The molecule has 11 nitrogen and oxygen atoms in total. The van der Waals surface area contributed by atoms with Crippen LogP contribution in [-0.2, 0) is 14.3 Å². The van der Waals surface area contributed by atoms with Crippen molar-refractivity contribution in [3.05, 3.63) is 35.3 Å². The van der Waals surface area contributed by atoms with Crippen molar-refractivity contribution in [2.45, 2.75) is 18.9 Å². The highest BCUT2D eigenvalue weighted by Crippen LogP contribution is 2.28. The van der Waals surface area contributed by atoms with Gasteiger partial charge in [0.1, 0.15) is 11.0 Å². The number of aromatic nitrogens is 1. The number of aliphatic carboxylic acids is 1. The average Bonchev–Trinajstić information content (AvgIpc) is 3.37. The van der Waals surface area contributed by atoms with E-state index < -0.39 is 24.1 Å². The molecule has 0 radical (unpaired) electrons. The number of hydrogen-bond acceptors (Lipinski definition) is 8. The summed E-state index contributed by atoms with van der Waals surface area (Å²) in [7, 11) is 0. The van der Waals surface area contributed by atoms with Gasteiger partial charge in [-0.1, -0.05) is 11.3 Å². The van der Waals surface area contributed by atoms with E-state index in [0.717, 1.165) is 11.3 Å². The summed E-state index contributed by atoms with van der Waals surface area (Å²) in [6.07, 6.45) is 0.698. The van der Waals surface area contributed by atoms with Crippen molar-refractivity contribution in [3.63, 3.8) is 0 Å².